The molecule has 1 aliphatic rings. The number of amidine groups is 1. The maximum atomic E-state index is 12.4. The molecule has 2 atom stereocenters. The van der Waals surface area contributed by atoms with Crippen molar-refractivity contribution in [1.29, 1.82) is 0 Å². The van der Waals surface area contributed by atoms with Crippen LogP contribution in [0, 0.1) is 5.92 Å². The Kier molecular flexibility index (Phi) is 4.95. The molecule has 6 nitrogen and oxygen atoms in total. The number of likely N-dealkylation sites (tertiary alicyclic amines) is 1. The van der Waals surface area contributed by atoms with E-state index in [0.29, 0.717) is 19.5 Å². The van der Waals surface area contributed by atoms with Gasteiger partial charge in [-0.05, 0) is 26.2 Å². The van der Waals surface area contributed by atoms with Gasteiger partial charge in [0.15, 0.2) is 0 Å². The van der Waals surface area contributed by atoms with E-state index in [-0.39, 0.29) is 17.7 Å². The zero-order valence-electron chi connectivity index (χ0n) is 11.3. The molecule has 104 valence electrons. The largest absolute Gasteiger partial charge is 0.409 e. The molecule has 0 aromatic rings. The lowest BCUT2D eigenvalue weighted by atomic mass is 9.94. The first kappa shape index (κ1) is 14.8. The van der Waals surface area contributed by atoms with Crippen molar-refractivity contribution in [2.24, 2.45) is 16.8 Å². The van der Waals surface area contributed by atoms with Crippen molar-refractivity contribution in [3.05, 3.63) is 0 Å². The molecule has 0 radical (unpaired) electrons. The van der Waals surface area contributed by atoms with Crippen LogP contribution in [0.1, 0.15) is 33.1 Å². The number of methoxy groups -OCH3 is 1. The second-order valence-corrected chi connectivity index (χ2v) is 4.90. The van der Waals surface area contributed by atoms with Crippen LogP contribution in [0.4, 0.5) is 0 Å². The highest BCUT2D eigenvalue weighted by molar-refractivity contribution is 5.87. The fourth-order valence-corrected chi connectivity index (χ4v) is 2.20. The highest BCUT2D eigenvalue weighted by Gasteiger charge is 2.37. The number of nitrogens with two attached hydrogens (primary N) is 1. The molecule has 18 heavy (non-hydrogen) atoms. The third-order valence-electron chi connectivity index (χ3n) is 3.82. The average molecular weight is 257 g/mol. The third-order valence-corrected chi connectivity index (χ3v) is 3.82. The van der Waals surface area contributed by atoms with Crippen molar-refractivity contribution in [3.63, 3.8) is 0 Å². The summed E-state index contributed by atoms with van der Waals surface area (Å²) in [5.74, 6) is 0.108. The summed E-state index contributed by atoms with van der Waals surface area (Å²) in [4.78, 5) is 14.1. The lowest BCUT2D eigenvalue weighted by molar-refractivity contribution is -0.154. The minimum atomic E-state index is -0.785. The standard InChI is InChI=1S/C12H23N3O3/c1-4-12(2,18-3)11(16)15-7-5-6-9(8-15)10(13)14-17/h9,17H,4-8H2,1-3H3,(H2,13,14). The quantitative estimate of drug-likeness (QED) is 0.337. The molecule has 1 saturated heterocycles. The zero-order valence-corrected chi connectivity index (χ0v) is 11.3. The zero-order chi connectivity index (χ0) is 13.8. The second-order valence-electron chi connectivity index (χ2n) is 4.90. The van der Waals surface area contributed by atoms with E-state index in [1.54, 1.807) is 18.9 Å². The first-order valence-corrected chi connectivity index (χ1v) is 6.30. The molecular weight excluding hydrogens is 234 g/mol. The molecule has 1 amide bonds. The molecule has 3 N–H and O–H groups in total. The van der Waals surface area contributed by atoms with Crippen LogP contribution in [0.3, 0.4) is 0 Å². The molecule has 0 aliphatic carbocycles. The molecule has 0 bridgehead atoms. The summed E-state index contributed by atoms with van der Waals surface area (Å²) in [5, 5.41) is 11.7. The van der Waals surface area contributed by atoms with E-state index in [1.165, 1.54) is 0 Å². The number of piperidine rings is 1. The molecular formula is C12H23N3O3. The van der Waals surface area contributed by atoms with Crippen LogP contribution in [-0.4, -0.2) is 47.7 Å². The molecule has 1 heterocycles. The summed E-state index contributed by atoms with van der Waals surface area (Å²) in [6, 6.07) is 0. The molecule has 6 heteroatoms. The normalized spacial score (nSPS) is 24.7. The summed E-state index contributed by atoms with van der Waals surface area (Å²) in [6.45, 7) is 4.91. The number of amides is 1. The first-order valence-electron chi connectivity index (χ1n) is 6.30. The smallest absolute Gasteiger partial charge is 0.254 e. The number of hydrogen-bond donors (Lipinski definition) is 2. The van der Waals surface area contributed by atoms with E-state index in [4.69, 9.17) is 15.7 Å². The topological polar surface area (TPSA) is 88.2 Å². The highest BCUT2D eigenvalue weighted by Crippen LogP contribution is 2.23. The molecule has 2 unspecified atom stereocenters. The van der Waals surface area contributed by atoms with Crippen LogP contribution >= 0.6 is 0 Å². The van der Waals surface area contributed by atoms with Gasteiger partial charge < -0.3 is 20.6 Å². The van der Waals surface area contributed by atoms with Gasteiger partial charge in [-0.3, -0.25) is 4.79 Å². The van der Waals surface area contributed by atoms with E-state index in [9.17, 15) is 4.79 Å². The number of nitrogens with zero attached hydrogens (tertiary/aromatic N) is 2. The van der Waals surface area contributed by atoms with Gasteiger partial charge in [-0.25, -0.2) is 0 Å². The Hall–Kier alpha value is -1.30. The highest BCUT2D eigenvalue weighted by atomic mass is 16.5. The molecule has 1 fully saturated rings. The van der Waals surface area contributed by atoms with E-state index in [0.717, 1.165) is 12.8 Å². The molecule has 0 spiro atoms. The number of carbonyl (C=O) groups is 1. The van der Waals surface area contributed by atoms with Gasteiger partial charge in [0.2, 0.25) is 0 Å². The number of ether oxygens (including phenoxy) is 1. The van der Waals surface area contributed by atoms with E-state index >= 15 is 0 Å². The average Bonchev–Trinajstić information content (AvgIpc) is 2.44. The van der Waals surface area contributed by atoms with Gasteiger partial charge in [0.1, 0.15) is 11.4 Å². The number of rotatable bonds is 4. The first-order chi connectivity index (χ1) is 8.48. The number of carbonyl (C=O) groups excluding carboxylic acids is 1. The summed E-state index contributed by atoms with van der Waals surface area (Å²) in [6.07, 6.45) is 2.32. The Morgan fingerprint density at radius 2 is 2.33 bits per heavy atom. The predicted molar refractivity (Wildman–Crippen MR) is 68.4 cm³/mol. The summed E-state index contributed by atoms with van der Waals surface area (Å²) < 4.78 is 5.32. The predicted octanol–water partition coefficient (Wildman–Crippen LogP) is 0.786. The van der Waals surface area contributed by atoms with Crippen LogP contribution in [-0.2, 0) is 9.53 Å². The Morgan fingerprint density at radius 3 is 2.83 bits per heavy atom. The van der Waals surface area contributed by atoms with Crippen LogP contribution in [0.2, 0.25) is 0 Å². The summed E-state index contributed by atoms with van der Waals surface area (Å²) in [5.41, 5.74) is 4.83. The monoisotopic (exact) mass is 257 g/mol. The van der Waals surface area contributed by atoms with E-state index in [1.807, 2.05) is 6.92 Å². The van der Waals surface area contributed by atoms with Crippen LogP contribution in [0.15, 0.2) is 5.16 Å². The van der Waals surface area contributed by atoms with Gasteiger partial charge in [0.25, 0.3) is 5.91 Å². The van der Waals surface area contributed by atoms with Crippen LogP contribution in [0.25, 0.3) is 0 Å². The Balaban J connectivity index is 2.75. The van der Waals surface area contributed by atoms with E-state index < -0.39 is 5.60 Å². The Bertz CT molecular complexity index is 327. The summed E-state index contributed by atoms with van der Waals surface area (Å²) >= 11 is 0. The van der Waals surface area contributed by atoms with Crippen molar-refractivity contribution < 1.29 is 14.7 Å². The molecule has 0 saturated carbocycles. The maximum absolute atomic E-state index is 12.4. The van der Waals surface area contributed by atoms with Gasteiger partial charge >= 0.3 is 0 Å². The van der Waals surface area contributed by atoms with Crippen molar-refractivity contribution in [2.75, 3.05) is 20.2 Å². The van der Waals surface area contributed by atoms with Crippen molar-refractivity contribution in [3.8, 4) is 0 Å². The van der Waals surface area contributed by atoms with Gasteiger partial charge in [-0.2, -0.15) is 0 Å². The summed E-state index contributed by atoms with van der Waals surface area (Å²) in [7, 11) is 1.55. The third kappa shape index (κ3) is 2.93. The lowest BCUT2D eigenvalue weighted by Gasteiger charge is -2.37. The van der Waals surface area contributed by atoms with Gasteiger partial charge in [-0.1, -0.05) is 12.1 Å². The van der Waals surface area contributed by atoms with E-state index in [2.05, 4.69) is 5.16 Å². The van der Waals surface area contributed by atoms with Crippen molar-refractivity contribution in [2.45, 2.75) is 38.7 Å². The van der Waals surface area contributed by atoms with Crippen LogP contribution in [0.5, 0.6) is 0 Å². The minimum Gasteiger partial charge on any atom is -0.409 e. The van der Waals surface area contributed by atoms with Gasteiger partial charge in [0.05, 0.1) is 0 Å². The number of hydrogen-bond acceptors (Lipinski definition) is 4. The fraction of sp³-hybridized carbons (Fsp3) is 0.833. The van der Waals surface area contributed by atoms with Gasteiger partial charge in [0, 0.05) is 26.1 Å². The molecule has 0 aromatic carbocycles. The van der Waals surface area contributed by atoms with Crippen molar-refractivity contribution >= 4 is 11.7 Å². The Labute approximate surface area is 108 Å². The minimum absolute atomic E-state index is 0.0251. The Morgan fingerprint density at radius 1 is 1.67 bits per heavy atom. The maximum Gasteiger partial charge on any atom is 0.254 e. The molecule has 1 aliphatic heterocycles. The molecule has 0 aromatic heterocycles. The second kappa shape index (κ2) is 6.04. The van der Waals surface area contributed by atoms with Gasteiger partial charge in [-0.15, -0.1) is 0 Å². The lowest BCUT2D eigenvalue weighted by Crippen LogP contribution is -2.52. The molecule has 1 rings (SSSR count). The van der Waals surface area contributed by atoms with Crippen LogP contribution < -0.4 is 5.73 Å². The van der Waals surface area contributed by atoms with Crippen molar-refractivity contribution in [1.82, 2.24) is 4.90 Å². The fourth-order valence-electron chi connectivity index (χ4n) is 2.20. The number of oxime groups is 1. The SMILES string of the molecule is CCC(C)(OC)C(=O)N1CCCC(C(N)=NO)C1.